The van der Waals surface area contributed by atoms with Gasteiger partial charge >= 0.3 is 0 Å². The number of fused-ring (bicyclic) bond motifs is 1. The normalized spacial score (nSPS) is 17.3. The topological polar surface area (TPSA) is 130 Å². The smallest absolute Gasteiger partial charge is 0.251 e. The van der Waals surface area contributed by atoms with Crippen LogP contribution in [-0.2, 0) is 16.0 Å². The van der Waals surface area contributed by atoms with Crippen LogP contribution in [-0.4, -0.2) is 40.4 Å². The van der Waals surface area contributed by atoms with Crippen LogP contribution in [0.1, 0.15) is 67.4 Å². The van der Waals surface area contributed by atoms with Crippen LogP contribution in [0.15, 0.2) is 60.8 Å². The van der Waals surface area contributed by atoms with Crippen molar-refractivity contribution in [3.8, 4) is 11.1 Å². The standard InChI is InChI=1S/C36H42ClN5O3/c1-21(2)40-35(44)27-12-13-30(22(3)14-27)25-8-4-23(5-9-25)15-28(16-34(43)26-10-6-24(19-38)7-11-26)36(45)41-29-17-32(37)31-20-39-42-33(31)18-29/h4-5,8-9,12-14,17-18,20-21,24,26,28H,6-7,10-11,15-16,19,38H2,1-3H3,(H,39,42)(H,40,44)(H,41,45)/t24?,26?,28-/m1/s1. The molecule has 1 atom stereocenters. The van der Waals surface area contributed by atoms with Gasteiger partial charge in [0.2, 0.25) is 5.91 Å². The molecule has 8 nitrogen and oxygen atoms in total. The van der Waals surface area contributed by atoms with E-state index in [0.717, 1.165) is 58.8 Å². The lowest BCUT2D eigenvalue weighted by molar-refractivity contribution is -0.129. The maximum atomic E-state index is 13.7. The van der Waals surface area contributed by atoms with E-state index in [2.05, 4.69) is 20.8 Å². The largest absolute Gasteiger partial charge is 0.350 e. The van der Waals surface area contributed by atoms with E-state index >= 15 is 0 Å². The molecule has 0 spiro atoms. The van der Waals surface area contributed by atoms with Crippen LogP contribution in [0.25, 0.3) is 22.0 Å². The summed E-state index contributed by atoms with van der Waals surface area (Å²) in [5, 5.41) is 14.1. The second-order valence-electron chi connectivity index (χ2n) is 12.7. The molecule has 5 N–H and O–H groups in total. The van der Waals surface area contributed by atoms with Gasteiger partial charge in [0.1, 0.15) is 5.78 Å². The zero-order valence-electron chi connectivity index (χ0n) is 26.2. The van der Waals surface area contributed by atoms with Gasteiger partial charge in [-0.3, -0.25) is 19.5 Å². The van der Waals surface area contributed by atoms with Crippen LogP contribution < -0.4 is 16.4 Å². The van der Waals surface area contributed by atoms with Crippen LogP contribution in [0, 0.1) is 24.7 Å². The summed E-state index contributed by atoms with van der Waals surface area (Å²) in [6.45, 7) is 6.53. The molecule has 9 heteroatoms. The molecule has 45 heavy (non-hydrogen) atoms. The number of rotatable bonds is 11. The van der Waals surface area contributed by atoms with Gasteiger partial charge in [-0.05, 0) is 112 Å². The Bertz CT molecular complexity index is 1670. The van der Waals surface area contributed by atoms with E-state index < -0.39 is 5.92 Å². The molecular weight excluding hydrogens is 586 g/mol. The minimum absolute atomic E-state index is 0.0326. The van der Waals surface area contributed by atoms with Crippen molar-refractivity contribution in [1.82, 2.24) is 15.5 Å². The van der Waals surface area contributed by atoms with E-state index in [1.54, 1.807) is 18.3 Å². The summed E-state index contributed by atoms with van der Waals surface area (Å²) in [5.74, 6) is -0.272. The third-order valence-electron chi connectivity index (χ3n) is 8.88. The third kappa shape index (κ3) is 7.99. The number of halogens is 1. The number of H-pyrrole nitrogens is 1. The Labute approximate surface area is 269 Å². The predicted octanol–water partition coefficient (Wildman–Crippen LogP) is 6.85. The minimum atomic E-state index is -0.549. The van der Waals surface area contributed by atoms with Gasteiger partial charge in [0.05, 0.1) is 16.7 Å². The first-order chi connectivity index (χ1) is 21.6. The molecule has 1 aliphatic rings. The molecule has 5 rings (SSSR count). The van der Waals surface area contributed by atoms with Crippen molar-refractivity contribution in [3.63, 3.8) is 0 Å². The molecule has 0 aliphatic heterocycles. The Morgan fingerprint density at radius 1 is 1.02 bits per heavy atom. The number of nitrogens with one attached hydrogen (secondary N) is 3. The molecule has 3 aromatic carbocycles. The number of hydrogen-bond acceptors (Lipinski definition) is 5. The molecule has 1 aliphatic carbocycles. The summed E-state index contributed by atoms with van der Waals surface area (Å²) < 4.78 is 0. The fraction of sp³-hybridized carbons (Fsp3) is 0.389. The molecule has 0 saturated heterocycles. The van der Waals surface area contributed by atoms with Gasteiger partial charge in [-0.15, -0.1) is 0 Å². The van der Waals surface area contributed by atoms with Crippen molar-refractivity contribution in [3.05, 3.63) is 82.5 Å². The number of Topliss-reactive ketones (excluding diaryl/α,β-unsaturated/α-hetero) is 1. The Hall–Kier alpha value is -4.01. The lowest BCUT2D eigenvalue weighted by Gasteiger charge is -2.27. The van der Waals surface area contributed by atoms with Crippen LogP contribution >= 0.6 is 11.6 Å². The number of aryl methyl sites for hydroxylation is 1. The van der Waals surface area contributed by atoms with Gasteiger partial charge in [-0.25, -0.2) is 0 Å². The zero-order valence-corrected chi connectivity index (χ0v) is 26.9. The van der Waals surface area contributed by atoms with E-state index in [4.69, 9.17) is 17.3 Å². The van der Waals surface area contributed by atoms with E-state index in [9.17, 15) is 14.4 Å². The number of aromatic nitrogens is 2. The molecule has 0 bridgehead atoms. The monoisotopic (exact) mass is 627 g/mol. The number of hydrogen-bond donors (Lipinski definition) is 4. The number of ketones is 1. The van der Waals surface area contributed by atoms with Gasteiger partial charge < -0.3 is 16.4 Å². The maximum absolute atomic E-state index is 13.7. The zero-order chi connectivity index (χ0) is 32.1. The molecule has 2 amide bonds. The van der Waals surface area contributed by atoms with Gasteiger partial charge in [0, 0.05) is 40.9 Å². The average Bonchev–Trinajstić information content (AvgIpc) is 3.50. The lowest BCUT2D eigenvalue weighted by atomic mass is 9.77. The lowest BCUT2D eigenvalue weighted by Crippen LogP contribution is -2.31. The van der Waals surface area contributed by atoms with Crippen molar-refractivity contribution in [2.75, 3.05) is 11.9 Å². The molecular formula is C36H42ClN5O3. The highest BCUT2D eigenvalue weighted by Gasteiger charge is 2.30. The highest BCUT2D eigenvalue weighted by atomic mass is 35.5. The molecule has 4 aromatic rings. The SMILES string of the molecule is Cc1cc(C(=O)NC(C)C)ccc1-c1ccc(C[C@H](CC(=O)C2CCC(CN)CC2)C(=O)Nc2cc(Cl)c3cn[nH]c3c2)cc1. The number of carbonyl (C=O) groups is 3. The molecule has 236 valence electrons. The molecule has 1 saturated carbocycles. The van der Waals surface area contributed by atoms with E-state index in [-0.39, 0.29) is 36.0 Å². The van der Waals surface area contributed by atoms with Gasteiger partial charge in [0.15, 0.2) is 0 Å². The number of nitrogens with zero attached hydrogens (tertiary/aromatic N) is 1. The summed E-state index contributed by atoms with van der Waals surface area (Å²) in [4.78, 5) is 39.7. The molecule has 1 fully saturated rings. The number of carbonyl (C=O) groups excluding carboxylic acids is 3. The first kappa shape index (κ1) is 32.4. The molecule has 0 radical (unpaired) electrons. The van der Waals surface area contributed by atoms with Crippen LogP contribution in [0.5, 0.6) is 0 Å². The average molecular weight is 628 g/mol. The van der Waals surface area contributed by atoms with E-state index in [0.29, 0.717) is 35.2 Å². The summed E-state index contributed by atoms with van der Waals surface area (Å²) >= 11 is 6.43. The number of nitrogens with two attached hydrogens (primary N) is 1. The fourth-order valence-electron chi connectivity index (χ4n) is 6.29. The third-order valence-corrected chi connectivity index (χ3v) is 9.20. The number of aromatic amines is 1. The quantitative estimate of drug-likeness (QED) is 0.144. The van der Waals surface area contributed by atoms with Crippen LogP contribution in [0.2, 0.25) is 5.02 Å². The highest BCUT2D eigenvalue weighted by Crippen LogP contribution is 2.32. The highest BCUT2D eigenvalue weighted by molar-refractivity contribution is 6.35. The van der Waals surface area contributed by atoms with Gasteiger partial charge in [-0.2, -0.15) is 5.10 Å². The number of benzene rings is 3. The fourth-order valence-corrected chi connectivity index (χ4v) is 6.56. The van der Waals surface area contributed by atoms with Crippen molar-refractivity contribution < 1.29 is 14.4 Å². The summed E-state index contributed by atoms with van der Waals surface area (Å²) in [7, 11) is 0. The van der Waals surface area contributed by atoms with Gasteiger partial charge in [-0.1, -0.05) is 41.9 Å². The van der Waals surface area contributed by atoms with Crippen molar-refractivity contribution >= 4 is 45.8 Å². The van der Waals surface area contributed by atoms with Crippen LogP contribution in [0.3, 0.4) is 0 Å². The van der Waals surface area contributed by atoms with E-state index in [1.807, 2.05) is 63.2 Å². The Morgan fingerprint density at radius 3 is 2.42 bits per heavy atom. The van der Waals surface area contributed by atoms with Crippen molar-refractivity contribution in [1.29, 1.82) is 0 Å². The molecule has 0 unspecified atom stereocenters. The molecule has 1 aromatic heterocycles. The van der Waals surface area contributed by atoms with Crippen molar-refractivity contribution in [2.24, 2.45) is 23.5 Å². The van der Waals surface area contributed by atoms with Gasteiger partial charge in [0.25, 0.3) is 5.91 Å². The Morgan fingerprint density at radius 2 is 1.76 bits per heavy atom. The van der Waals surface area contributed by atoms with Crippen LogP contribution in [0.4, 0.5) is 5.69 Å². The summed E-state index contributed by atoms with van der Waals surface area (Å²) in [5.41, 5.74) is 11.8. The predicted molar refractivity (Wildman–Crippen MR) is 180 cm³/mol. The summed E-state index contributed by atoms with van der Waals surface area (Å²) in [6, 6.07) is 17.4. The molecule has 1 heterocycles. The number of amides is 2. The Balaban J connectivity index is 1.33. The maximum Gasteiger partial charge on any atom is 0.251 e. The first-order valence-corrected chi connectivity index (χ1v) is 16.2. The van der Waals surface area contributed by atoms with E-state index in [1.165, 1.54) is 0 Å². The second-order valence-corrected chi connectivity index (χ2v) is 13.1. The Kier molecular flexibility index (Phi) is 10.4. The minimum Gasteiger partial charge on any atom is -0.350 e. The first-order valence-electron chi connectivity index (χ1n) is 15.8. The number of anilines is 1. The summed E-state index contributed by atoms with van der Waals surface area (Å²) in [6.07, 6.45) is 5.80. The second kappa shape index (κ2) is 14.4. The van der Waals surface area contributed by atoms with Crippen molar-refractivity contribution in [2.45, 2.75) is 65.3 Å².